The number of fused-ring (bicyclic) bond motifs is 1. The first kappa shape index (κ1) is 12.2. The lowest BCUT2D eigenvalue weighted by molar-refractivity contribution is 0.0787. The highest BCUT2D eigenvalue weighted by Gasteiger charge is 2.26. The fraction of sp³-hybridized carbons (Fsp3) is 0.429. The Labute approximate surface area is 112 Å². The van der Waals surface area contributed by atoms with Crippen LogP contribution in [0.4, 0.5) is 0 Å². The molecule has 2 N–H and O–H groups in total. The fourth-order valence-corrected chi connectivity index (χ4v) is 2.73. The zero-order valence-electron chi connectivity index (χ0n) is 11.0. The quantitative estimate of drug-likeness (QED) is 0.871. The van der Waals surface area contributed by atoms with Crippen LogP contribution in [-0.4, -0.2) is 47.7 Å². The van der Waals surface area contributed by atoms with Crippen LogP contribution in [0.5, 0.6) is 0 Å². The second kappa shape index (κ2) is 5.01. The van der Waals surface area contributed by atoms with Gasteiger partial charge < -0.3 is 10.2 Å². The molecule has 2 heterocycles. The summed E-state index contributed by atoms with van der Waals surface area (Å²) < 4.78 is 0. The molecule has 0 unspecified atom stereocenters. The van der Waals surface area contributed by atoms with Crippen molar-refractivity contribution in [2.45, 2.75) is 6.42 Å². The molecule has 3 rings (SSSR count). The minimum Gasteiger partial charge on any atom is -0.338 e. The molecule has 2 aromatic rings. The van der Waals surface area contributed by atoms with E-state index >= 15 is 0 Å². The minimum atomic E-state index is 0.127. The van der Waals surface area contributed by atoms with E-state index in [-0.39, 0.29) is 5.91 Å². The number of amides is 1. The van der Waals surface area contributed by atoms with Crippen LogP contribution in [0, 0.1) is 5.92 Å². The van der Waals surface area contributed by atoms with Crippen LogP contribution in [-0.2, 0) is 0 Å². The van der Waals surface area contributed by atoms with Gasteiger partial charge in [-0.3, -0.25) is 9.89 Å². The van der Waals surface area contributed by atoms with Crippen LogP contribution >= 0.6 is 0 Å². The highest BCUT2D eigenvalue weighted by molar-refractivity contribution is 5.98. The molecular formula is C14H18N4O. The maximum Gasteiger partial charge on any atom is 0.253 e. The number of benzene rings is 1. The lowest BCUT2D eigenvalue weighted by Crippen LogP contribution is -2.30. The molecule has 0 aliphatic carbocycles. The first-order chi connectivity index (χ1) is 9.28. The molecule has 100 valence electrons. The average Bonchev–Trinajstić information content (AvgIpc) is 3.05. The molecule has 5 heteroatoms. The number of rotatable bonds is 3. The van der Waals surface area contributed by atoms with Crippen molar-refractivity contribution in [3.63, 3.8) is 0 Å². The van der Waals surface area contributed by atoms with Crippen LogP contribution in [0.15, 0.2) is 24.4 Å². The summed E-state index contributed by atoms with van der Waals surface area (Å²) >= 11 is 0. The second-order valence-corrected chi connectivity index (χ2v) is 5.14. The molecule has 0 radical (unpaired) electrons. The molecule has 1 saturated heterocycles. The number of likely N-dealkylation sites (tertiary alicyclic amines) is 1. The summed E-state index contributed by atoms with van der Waals surface area (Å²) in [5.41, 5.74) is 1.71. The van der Waals surface area contributed by atoms with E-state index in [2.05, 4.69) is 15.5 Å². The zero-order valence-corrected chi connectivity index (χ0v) is 11.0. The van der Waals surface area contributed by atoms with Gasteiger partial charge in [0.1, 0.15) is 0 Å². The second-order valence-electron chi connectivity index (χ2n) is 5.14. The van der Waals surface area contributed by atoms with Crippen LogP contribution in [0.2, 0.25) is 0 Å². The first-order valence-electron chi connectivity index (χ1n) is 6.65. The molecule has 5 nitrogen and oxygen atoms in total. The van der Waals surface area contributed by atoms with Gasteiger partial charge in [0, 0.05) is 24.0 Å². The Balaban J connectivity index is 1.76. The Hall–Kier alpha value is -1.88. The third kappa shape index (κ3) is 2.33. The van der Waals surface area contributed by atoms with Gasteiger partial charge >= 0.3 is 0 Å². The molecular weight excluding hydrogens is 240 g/mol. The van der Waals surface area contributed by atoms with Crippen LogP contribution in [0.1, 0.15) is 16.8 Å². The number of carbonyl (C=O) groups is 1. The van der Waals surface area contributed by atoms with Crippen molar-refractivity contribution in [1.82, 2.24) is 20.4 Å². The largest absolute Gasteiger partial charge is 0.338 e. The SMILES string of the molecule is CNC[C@@H]1CCN(C(=O)c2ccc3[nH]ncc3c2)C1. The highest BCUT2D eigenvalue weighted by Crippen LogP contribution is 2.20. The maximum atomic E-state index is 12.4. The molecule has 0 bridgehead atoms. The lowest BCUT2D eigenvalue weighted by Gasteiger charge is -2.16. The molecule has 19 heavy (non-hydrogen) atoms. The number of aromatic nitrogens is 2. The Morgan fingerprint density at radius 3 is 3.32 bits per heavy atom. The van der Waals surface area contributed by atoms with Gasteiger partial charge in [0.05, 0.1) is 11.7 Å². The summed E-state index contributed by atoms with van der Waals surface area (Å²) in [6, 6.07) is 5.69. The van der Waals surface area contributed by atoms with Crippen molar-refractivity contribution >= 4 is 16.8 Å². The normalized spacial score (nSPS) is 19.2. The Morgan fingerprint density at radius 2 is 2.47 bits per heavy atom. The minimum absolute atomic E-state index is 0.127. The van der Waals surface area contributed by atoms with Gasteiger partial charge in [-0.25, -0.2) is 0 Å². The molecule has 1 atom stereocenters. The summed E-state index contributed by atoms with van der Waals surface area (Å²) in [6.07, 6.45) is 2.83. The van der Waals surface area contributed by atoms with Crippen molar-refractivity contribution in [3.05, 3.63) is 30.0 Å². The summed E-state index contributed by atoms with van der Waals surface area (Å²) in [7, 11) is 1.96. The monoisotopic (exact) mass is 258 g/mol. The van der Waals surface area contributed by atoms with Gasteiger partial charge in [0.15, 0.2) is 0 Å². The van der Waals surface area contributed by atoms with E-state index in [1.165, 1.54) is 0 Å². The Morgan fingerprint density at radius 1 is 1.58 bits per heavy atom. The van der Waals surface area contributed by atoms with Gasteiger partial charge in [-0.05, 0) is 44.1 Å². The Bertz CT molecular complexity index is 592. The fourth-order valence-electron chi connectivity index (χ4n) is 2.73. The zero-order chi connectivity index (χ0) is 13.2. The number of hydrogen-bond donors (Lipinski definition) is 2. The van der Waals surface area contributed by atoms with E-state index < -0.39 is 0 Å². The number of carbonyl (C=O) groups excluding carboxylic acids is 1. The maximum absolute atomic E-state index is 12.4. The van der Waals surface area contributed by atoms with Crippen LogP contribution in [0.3, 0.4) is 0 Å². The van der Waals surface area contributed by atoms with E-state index in [0.29, 0.717) is 5.92 Å². The van der Waals surface area contributed by atoms with Crippen molar-refractivity contribution in [2.24, 2.45) is 5.92 Å². The van der Waals surface area contributed by atoms with Crippen LogP contribution in [0.25, 0.3) is 10.9 Å². The molecule has 1 aliphatic rings. The van der Waals surface area contributed by atoms with Gasteiger partial charge in [0.25, 0.3) is 5.91 Å². The third-order valence-corrected chi connectivity index (χ3v) is 3.75. The number of nitrogens with one attached hydrogen (secondary N) is 2. The number of H-pyrrole nitrogens is 1. The molecule has 1 aromatic heterocycles. The molecule has 1 fully saturated rings. The Kier molecular flexibility index (Phi) is 3.21. The van der Waals surface area contributed by atoms with E-state index in [4.69, 9.17) is 0 Å². The summed E-state index contributed by atoms with van der Waals surface area (Å²) in [4.78, 5) is 14.4. The smallest absolute Gasteiger partial charge is 0.253 e. The van der Waals surface area contributed by atoms with E-state index in [9.17, 15) is 4.79 Å². The standard InChI is InChI=1S/C14H18N4O/c1-15-7-10-4-5-18(9-10)14(19)11-2-3-13-12(6-11)8-16-17-13/h2-3,6,8,10,15H,4-5,7,9H2,1H3,(H,16,17)/t10-/m0/s1. The van der Waals surface area contributed by atoms with E-state index in [1.807, 2.05) is 30.1 Å². The molecule has 1 aromatic carbocycles. The summed E-state index contributed by atoms with van der Waals surface area (Å²) in [6.45, 7) is 2.68. The predicted molar refractivity (Wildman–Crippen MR) is 74.0 cm³/mol. The highest BCUT2D eigenvalue weighted by atomic mass is 16.2. The predicted octanol–water partition coefficient (Wildman–Crippen LogP) is 1.24. The van der Waals surface area contributed by atoms with Gasteiger partial charge in [-0.15, -0.1) is 0 Å². The summed E-state index contributed by atoms with van der Waals surface area (Å²) in [5.74, 6) is 0.702. The van der Waals surface area contributed by atoms with Crippen molar-refractivity contribution < 1.29 is 4.79 Å². The molecule has 0 saturated carbocycles. The van der Waals surface area contributed by atoms with Crippen LogP contribution < -0.4 is 5.32 Å². The number of nitrogens with zero attached hydrogens (tertiary/aromatic N) is 2. The van der Waals surface area contributed by atoms with Gasteiger partial charge in [0.2, 0.25) is 0 Å². The van der Waals surface area contributed by atoms with Crippen molar-refractivity contribution in [3.8, 4) is 0 Å². The van der Waals surface area contributed by atoms with E-state index in [1.54, 1.807) is 6.20 Å². The average molecular weight is 258 g/mol. The summed E-state index contributed by atoms with van der Waals surface area (Å²) in [5, 5.41) is 11.0. The number of hydrogen-bond acceptors (Lipinski definition) is 3. The van der Waals surface area contributed by atoms with Crippen molar-refractivity contribution in [1.29, 1.82) is 0 Å². The molecule has 0 spiro atoms. The third-order valence-electron chi connectivity index (χ3n) is 3.75. The number of aromatic amines is 1. The molecule has 1 aliphatic heterocycles. The van der Waals surface area contributed by atoms with Gasteiger partial charge in [-0.1, -0.05) is 0 Å². The molecule has 1 amide bonds. The van der Waals surface area contributed by atoms with Crippen molar-refractivity contribution in [2.75, 3.05) is 26.7 Å². The first-order valence-corrected chi connectivity index (χ1v) is 6.65. The van der Waals surface area contributed by atoms with E-state index in [0.717, 1.165) is 42.5 Å². The lowest BCUT2D eigenvalue weighted by atomic mass is 10.1. The van der Waals surface area contributed by atoms with Gasteiger partial charge in [-0.2, -0.15) is 5.10 Å². The topological polar surface area (TPSA) is 61.0 Å².